The number of benzene rings is 3. The Morgan fingerprint density at radius 3 is 2.25 bits per heavy atom. The number of nitrogens with zero attached hydrogens (tertiary/aromatic N) is 1. The molecule has 4 aromatic rings. The second kappa shape index (κ2) is 9.32. The molecule has 6 nitrogen and oxygen atoms in total. The summed E-state index contributed by atoms with van der Waals surface area (Å²) in [5, 5.41) is 13.8. The van der Waals surface area contributed by atoms with Gasteiger partial charge in [0.1, 0.15) is 5.76 Å². The summed E-state index contributed by atoms with van der Waals surface area (Å²) in [6.45, 7) is 0. The molecule has 4 rings (SSSR count). The highest BCUT2D eigenvalue weighted by atomic mass is 35.5. The number of amides is 1. The average molecular weight is 445 g/mol. The minimum atomic E-state index is -0.528. The summed E-state index contributed by atoms with van der Waals surface area (Å²) in [4.78, 5) is 22.9. The van der Waals surface area contributed by atoms with E-state index in [9.17, 15) is 14.9 Å². The minimum Gasteiger partial charge on any atom is -0.451 e. The van der Waals surface area contributed by atoms with E-state index in [1.54, 1.807) is 18.2 Å². The lowest BCUT2D eigenvalue weighted by Gasteiger charge is -2.04. The van der Waals surface area contributed by atoms with Crippen LogP contribution in [0.2, 0.25) is 5.02 Å². The maximum absolute atomic E-state index is 12.5. The van der Waals surface area contributed by atoms with E-state index in [0.29, 0.717) is 17.0 Å². The van der Waals surface area contributed by atoms with Gasteiger partial charge in [0.25, 0.3) is 11.6 Å². The fourth-order valence-electron chi connectivity index (χ4n) is 3.05. The molecule has 0 spiro atoms. The first-order valence-electron chi connectivity index (χ1n) is 9.68. The second-order valence-corrected chi connectivity index (χ2v) is 7.31. The van der Waals surface area contributed by atoms with E-state index >= 15 is 0 Å². The first-order chi connectivity index (χ1) is 15.5. The van der Waals surface area contributed by atoms with E-state index in [2.05, 4.69) is 5.32 Å². The van der Waals surface area contributed by atoms with E-state index < -0.39 is 10.8 Å². The number of hydrogen-bond donors (Lipinski definition) is 1. The summed E-state index contributed by atoms with van der Waals surface area (Å²) in [7, 11) is 0. The van der Waals surface area contributed by atoms with Crippen molar-refractivity contribution < 1.29 is 14.1 Å². The lowest BCUT2D eigenvalue weighted by molar-refractivity contribution is -0.384. The van der Waals surface area contributed by atoms with Crippen LogP contribution in [-0.2, 0) is 0 Å². The molecule has 1 aromatic heterocycles. The number of nitro benzene ring substituents is 1. The van der Waals surface area contributed by atoms with Gasteiger partial charge in [0.15, 0.2) is 5.76 Å². The molecule has 1 heterocycles. The summed E-state index contributed by atoms with van der Waals surface area (Å²) in [6, 6.07) is 24.6. The van der Waals surface area contributed by atoms with Gasteiger partial charge in [-0.05, 0) is 41.5 Å². The summed E-state index contributed by atoms with van der Waals surface area (Å²) in [5.41, 5.74) is 3.07. The van der Waals surface area contributed by atoms with Crippen molar-refractivity contribution in [2.24, 2.45) is 0 Å². The van der Waals surface area contributed by atoms with E-state index in [0.717, 1.165) is 11.1 Å². The molecule has 1 amide bonds. The molecule has 0 unspecified atom stereocenters. The third kappa shape index (κ3) is 4.94. The molecule has 0 aliphatic heterocycles. The van der Waals surface area contributed by atoms with Crippen molar-refractivity contribution in [2.75, 3.05) is 5.32 Å². The van der Waals surface area contributed by atoms with Gasteiger partial charge < -0.3 is 9.73 Å². The quantitative estimate of drug-likeness (QED) is 0.198. The highest BCUT2D eigenvalue weighted by Crippen LogP contribution is 2.32. The topological polar surface area (TPSA) is 85.4 Å². The van der Waals surface area contributed by atoms with Gasteiger partial charge >= 0.3 is 0 Å². The first-order valence-corrected chi connectivity index (χ1v) is 10.1. The molecule has 32 heavy (non-hydrogen) atoms. The number of nitro groups is 1. The van der Waals surface area contributed by atoms with Gasteiger partial charge in [0, 0.05) is 23.4 Å². The number of carbonyl (C=O) groups is 1. The largest absolute Gasteiger partial charge is 0.451 e. The normalized spacial score (nSPS) is 10.9. The van der Waals surface area contributed by atoms with E-state index in [1.165, 1.54) is 24.3 Å². The molecule has 0 radical (unpaired) electrons. The van der Waals surface area contributed by atoms with Crippen LogP contribution in [0.25, 0.3) is 23.5 Å². The number of furan rings is 1. The number of hydrogen-bond acceptors (Lipinski definition) is 4. The summed E-state index contributed by atoms with van der Waals surface area (Å²) < 4.78 is 5.62. The molecule has 0 saturated carbocycles. The van der Waals surface area contributed by atoms with Crippen LogP contribution in [0.1, 0.15) is 21.7 Å². The Labute approximate surface area is 188 Å². The SMILES string of the molecule is O=C(Nc1ccc(/C=C/c2ccccc2)cc1)c1ccc(-c2ccc([N+](=O)[O-])cc2Cl)o1. The zero-order valence-electron chi connectivity index (χ0n) is 16.7. The third-order valence-corrected chi connectivity index (χ3v) is 5.01. The van der Waals surface area contributed by atoms with Crippen molar-refractivity contribution in [3.63, 3.8) is 0 Å². The Bertz CT molecular complexity index is 1300. The van der Waals surface area contributed by atoms with Gasteiger partial charge in [-0.1, -0.05) is 66.2 Å². The maximum atomic E-state index is 12.5. The van der Waals surface area contributed by atoms with Crippen LogP contribution < -0.4 is 5.32 Å². The predicted molar refractivity (Wildman–Crippen MR) is 126 cm³/mol. The Morgan fingerprint density at radius 2 is 1.59 bits per heavy atom. The molecule has 0 saturated heterocycles. The summed E-state index contributed by atoms with van der Waals surface area (Å²) in [5.74, 6) is 0.0285. The van der Waals surface area contributed by atoms with Crippen molar-refractivity contribution in [3.8, 4) is 11.3 Å². The van der Waals surface area contributed by atoms with Crippen LogP contribution in [0.3, 0.4) is 0 Å². The third-order valence-electron chi connectivity index (χ3n) is 4.70. The Kier molecular flexibility index (Phi) is 6.14. The van der Waals surface area contributed by atoms with Gasteiger partial charge in [-0.3, -0.25) is 14.9 Å². The van der Waals surface area contributed by atoms with E-state index in [-0.39, 0.29) is 16.5 Å². The minimum absolute atomic E-state index is 0.0995. The Balaban J connectivity index is 1.43. The monoisotopic (exact) mass is 444 g/mol. The molecule has 158 valence electrons. The van der Waals surface area contributed by atoms with E-state index in [1.807, 2.05) is 54.6 Å². The number of nitrogens with one attached hydrogen (secondary N) is 1. The van der Waals surface area contributed by atoms with Gasteiger partial charge in [0.05, 0.1) is 9.95 Å². The zero-order valence-corrected chi connectivity index (χ0v) is 17.5. The zero-order chi connectivity index (χ0) is 22.5. The van der Waals surface area contributed by atoms with Gasteiger partial charge in [0.2, 0.25) is 0 Å². The predicted octanol–water partition coefficient (Wildman–Crippen LogP) is 6.93. The average Bonchev–Trinajstić information content (AvgIpc) is 3.29. The van der Waals surface area contributed by atoms with Gasteiger partial charge in [-0.25, -0.2) is 0 Å². The molecule has 3 aromatic carbocycles. The molecule has 1 N–H and O–H groups in total. The Morgan fingerprint density at radius 1 is 0.906 bits per heavy atom. The van der Waals surface area contributed by atoms with Crippen molar-refractivity contribution in [1.82, 2.24) is 0 Å². The highest BCUT2D eigenvalue weighted by Gasteiger charge is 2.16. The number of non-ortho nitro benzene ring substituents is 1. The maximum Gasteiger partial charge on any atom is 0.291 e. The molecule has 0 bridgehead atoms. The van der Waals surface area contributed by atoms with Crippen LogP contribution in [0.4, 0.5) is 11.4 Å². The number of carbonyl (C=O) groups excluding carboxylic acids is 1. The molecular weight excluding hydrogens is 428 g/mol. The smallest absolute Gasteiger partial charge is 0.291 e. The summed E-state index contributed by atoms with van der Waals surface area (Å²) in [6.07, 6.45) is 4.01. The van der Waals surface area contributed by atoms with Crippen molar-refractivity contribution in [2.45, 2.75) is 0 Å². The number of anilines is 1. The Hall–Kier alpha value is -4.16. The van der Waals surface area contributed by atoms with E-state index in [4.69, 9.17) is 16.0 Å². The molecule has 0 aliphatic rings. The van der Waals surface area contributed by atoms with Crippen LogP contribution in [0, 0.1) is 10.1 Å². The molecular formula is C25H17ClN2O4. The fourth-order valence-corrected chi connectivity index (χ4v) is 3.32. The molecule has 0 fully saturated rings. The lowest BCUT2D eigenvalue weighted by Crippen LogP contribution is -2.10. The first kappa shape index (κ1) is 21.1. The van der Waals surface area contributed by atoms with Crippen LogP contribution in [0.15, 0.2) is 89.3 Å². The molecule has 0 aliphatic carbocycles. The standard InChI is InChI=1S/C25H17ClN2O4/c26-22-16-20(28(30)31)12-13-21(22)23-14-15-24(32-23)25(29)27-19-10-8-18(9-11-19)7-6-17-4-2-1-3-5-17/h1-16H,(H,27,29)/b7-6+. The van der Waals surface area contributed by atoms with Crippen LogP contribution in [-0.4, -0.2) is 10.8 Å². The highest BCUT2D eigenvalue weighted by molar-refractivity contribution is 6.33. The van der Waals surface area contributed by atoms with Gasteiger partial charge in [-0.2, -0.15) is 0 Å². The molecule has 7 heteroatoms. The van der Waals surface area contributed by atoms with Crippen molar-refractivity contribution in [3.05, 3.63) is 117 Å². The van der Waals surface area contributed by atoms with Crippen LogP contribution in [0.5, 0.6) is 0 Å². The summed E-state index contributed by atoms with van der Waals surface area (Å²) >= 11 is 6.14. The van der Waals surface area contributed by atoms with Crippen molar-refractivity contribution >= 4 is 41.0 Å². The number of halogens is 1. The molecule has 0 atom stereocenters. The van der Waals surface area contributed by atoms with Crippen LogP contribution >= 0.6 is 11.6 Å². The fraction of sp³-hybridized carbons (Fsp3) is 0. The lowest BCUT2D eigenvalue weighted by atomic mass is 10.1. The van der Waals surface area contributed by atoms with Crippen molar-refractivity contribution in [1.29, 1.82) is 0 Å². The van der Waals surface area contributed by atoms with Gasteiger partial charge in [-0.15, -0.1) is 0 Å². The second-order valence-electron chi connectivity index (χ2n) is 6.91. The number of rotatable bonds is 6.